The Balaban J connectivity index is 1.26. The fraction of sp³-hybridized carbons (Fsp3) is 0.480. The number of morpholine rings is 1. The third kappa shape index (κ3) is 5.72. The van der Waals surface area contributed by atoms with Gasteiger partial charge in [0.1, 0.15) is 0 Å². The first kappa shape index (κ1) is 22.4. The first-order valence-corrected chi connectivity index (χ1v) is 11.4. The van der Waals surface area contributed by atoms with E-state index in [1.54, 1.807) is 24.5 Å². The monoisotopic (exact) mass is 436 g/mol. The van der Waals surface area contributed by atoms with Crippen molar-refractivity contribution in [3.05, 3.63) is 65.5 Å². The number of pyridine rings is 1. The molecule has 1 aromatic carbocycles. The molecule has 0 saturated carbocycles. The molecule has 2 saturated heterocycles. The van der Waals surface area contributed by atoms with Crippen LogP contribution >= 0.6 is 0 Å². The van der Waals surface area contributed by atoms with Gasteiger partial charge in [-0.15, -0.1) is 0 Å². The fourth-order valence-corrected chi connectivity index (χ4v) is 4.60. The first-order chi connectivity index (χ1) is 15.5. The predicted molar refractivity (Wildman–Crippen MR) is 122 cm³/mol. The van der Waals surface area contributed by atoms with Crippen LogP contribution in [0.4, 0.5) is 0 Å². The Bertz CT molecular complexity index is 901. The molecule has 1 aromatic heterocycles. The summed E-state index contributed by atoms with van der Waals surface area (Å²) in [6.07, 6.45) is 5.22. The van der Waals surface area contributed by atoms with Crippen molar-refractivity contribution in [2.24, 2.45) is 0 Å². The Labute approximate surface area is 189 Å². The van der Waals surface area contributed by atoms with E-state index in [4.69, 9.17) is 4.74 Å². The van der Waals surface area contributed by atoms with E-state index in [1.165, 1.54) is 5.56 Å². The Morgan fingerprint density at radius 2 is 1.72 bits per heavy atom. The topological polar surface area (TPSA) is 74.8 Å². The SMILES string of the molecule is CC1CN(Cc2ccc(C(=O)N3CCC(NC(=O)c4cccnc4)CC3)cc2)CC(C)O1. The smallest absolute Gasteiger partial charge is 0.253 e. The molecule has 2 aliphatic heterocycles. The number of nitrogens with one attached hydrogen (secondary N) is 1. The van der Waals surface area contributed by atoms with Gasteiger partial charge in [0.05, 0.1) is 17.8 Å². The molecular weight excluding hydrogens is 404 g/mol. The van der Waals surface area contributed by atoms with Crippen LogP contribution in [0.1, 0.15) is 53.0 Å². The zero-order chi connectivity index (χ0) is 22.5. The van der Waals surface area contributed by atoms with Crippen molar-refractivity contribution in [2.75, 3.05) is 26.2 Å². The quantitative estimate of drug-likeness (QED) is 0.780. The van der Waals surface area contributed by atoms with Gasteiger partial charge in [-0.05, 0) is 56.5 Å². The maximum Gasteiger partial charge on any atom is 0.253 e. The molecule has 7 heteroatoms. The zero-order valence-electron chi connectivity index (χ0n) is 18.9. The number of hydrogen-bond donors (Lipinski definition) is 1. The average molecular weight is 437 g/mol. The predicted octanol–water partition coefficient (Wildman–Crippen LogP) is 2.73. The summed E-state index contributed by atoms with van der Waals surface area (Å²) in [5.41, 5.74) is 2.49. The summed E-state index contributed by atoms with van der Waals surface area (Å²) >= 11 is 0. The Hall–Kier alpha value is -2.77. The number of rotatable bonds is 5. The van der Waals surface area contributed by atoms with Gasteiger partial charge in [-0.25, -0.2) is 0 Å². The van der Waals surface area contributed by atoms with Crippen LogP contribution in [-0.4, -0.2) is 71.0 Å². The molecule has 0 bridgehead atoms. The van der Waals surface area contributed by atoms with Crippen LogP contribution in [0, 0.1) is 0 Å². The van der Waals surface area contributed by atoms with Crippen LogP contribution < -0.4 is 5.32 Å². The number of piperidine rings is 1. The zero-order valence-corrected chi connectivity index (χ0v) is 18.9. The third-order valence-electron chi connectivity index (χ3n) is 6.14. The van der Waals surface area contributed by atoms with Gasteiger partial charge >= 0.3 is 0 Å². The van der Waals surface area contributed by atoms with Crippen molar-refractivity contribution in [2.45, 2.75) is 51.5 Å². The minimum Gasteiger partial charge on any atom is -0.373 e. The van der Waals surface area contributed by atoms with Crippen molar-refractivity contribution in [3.63, 3.8) is 0 Å². The van der Waals surface area contributed by atoms with E-state index >= 15 is 0 Å². The summed E-state index contributed by atoms with van der Waals surface area (Å²) in [6.45, 7) is 8.23. The molecule has 0 spiro atoms. The summed E-state index contributed by atoms with van der Waals surface area (Å²) in [4.78, 5) is 33.5. The molecule has 2 amide bonds. The second-order valence-electron chi connectivity index (χ2n) is 8.93. The molecule has 170 valence electrons. The molecule has 2 fully saturated rings. The molecule has 4 rings (SSSR count). The second-order valence-corrected chi connectivity index (χ2v) is 8.93. The number of likely N-dealkylation sites (tertiary alicyclic amines) is 1. The Kier molecular flexibility index (Phi) is 7.17. The van der Waals surface area contributed by atoms with E-state index in [1.807, 2.05) is 17.0 Å². The fourth-order valence-electron chi connectivity index (χ4n) is 4.60. The van der Waals surface area contributed by atoms with E-state index in [-0.39, 0.29) is 30.1 Å². The van der Waals surface area contributed by atoms with Crippen molar-refractivity contribution >= 4 is 11.8 Å². The summed E-state index contributed by atoms with van der Waals surface area (Å²) < 4.78 is 5.81. The van der Waals surface area contributed by atoms with Crippen molar-refractivity contribution in [1.29, 1.82) is 0 Å². The van der Waals surface area contributed by atoms with Gasteiger partial charge < -0.3 is 15.0 Å². The molecule has 3 heterocycles. The van der Waals surface area contributed by atoms with Gasteiger partial charge in [0.25, 0.3) is 11.8 Å². The lowest BCUT2D eigenvalue weighted by atomic mass is 10.0. The molecule has 2 aromatic rings. The largest absolute Gasteiger partial charge is 0.373 e. The highest BCUT2D eigenvalue weighted by molar-refractivity contribution is 5.95. The minimum absolute atomic E-state index is 0.0576. The number of ether oxygens (including phenoxy) is 1. The van der Waals surface area contributed by atoms with E-state index in [0.717, 1.165) is 38.0 Å². The van der Waals surface area contributed by atoms with Gasteiger partial charge in [-0.2, -0.15) is 0 Å². The number of amides is 2. The van der Waals surface area contributed by atoms with Gasteiger partial charge in [-0.1, -0.05) is 12.1 Å². The van der Waals surface area contributed by atoms with Crippen LogP contribution in [0.2, 0.25) is 0 Å². The number of hydrogen-bond acceptors (Lipinski definition) is 5. The molecule has 0 aliphatic carbocycles. The highest BCUT2D eigenvalue weighted by Gasteiger charge is 2.25. The van der Waals surface area contributed by atoms with Gasteiger partial charge in [-0.3, -0.25) is 19.5 Å². The minimum atomic E-state index is -0.109. The molecule has 0 radical (unpaired) electrons. The Morgan fingerprint density at radius 1 is 1.03 bits per heavy atom. The van der Waals surface area contributed by atoms with Crippen LogP contribution in [0.25, 0.3) is 0 Å². The summed E-state index contributed by atoms with van der Waals surface area (Å²) in [5.74, 6) is -0.0512. The number of carbonyl (C=O) groups excluding carboxylic acids is 2. The van der Waals surface area contributed by atoms with E-state index in [0.29, 0.717) is 18.7 Å². The molecule has 2 unspecified atom stereocenters. The van der Waals surface area contributed by atoms with Gasteiger partial charge in [0.15, 0.2) is 0 Å². The average Bonchev–Trinajstić information content (AvgIpc) is 2.79. The van der Waals surface area contributed by atoms with Gasteiger partial charge in [0, 0.05) is 56.7 Å². The second kappa shape index (κ2) is 10.2. The Morgan fingerprint density at radius 3 is 2.34 bits per heavy atom. The van der Waals surface area contributed by atoms with Crippen LogP contribution in [0.3, 0.4) is 0 Å². The maximum absolute atomic E-state index is 12.9. The van der Waals surface area contributed by atoms with Crippen molar-refractivity contribution < 1.29 is 14.3 Å². The number of aromatic nitrogens is 1. The standard InChI is InChI=1S/C25H32N4O3/c1-18-15-28(16-19(2)32-18)17-20-5-7-21(8-6-20)25(31)29-12-9-23(10-13-29)27-24(30)22-4-3-11-26-14-22/h3-8,11,14,18-19,23H,9-10,12-13,15-17H2,1-2H3,(H,27,30). The van der Waals surface area contributed by atoms with Crippen molar-refractivity contribution in [1.82, 2.24) is 20.1 Å². The van der Waals surface area contributed by atoms with Crippen LogP contribution in [0.5, 0.6) is 0 Å². The molecule has 32 heavy (non-hydrogen) atoms. The number of benzene rings is 1. The number of nitrogens with zero attached hydrogens (tertiary/aromatic N) is 3. The lowest BCUT2D eigenvalue weighted by Crippen LogP contribution is -2.46. The van der Waals surface area contributed by atoms with E-state index in [2.05, 4.69) is 41.2 Å². The third-order valence-corrected chi connectivity index (χ3v) is 6.14. The molecule has 1 N–H and O–H groups in total. The summed E-state index contributed by atoms with van der Waals surface area (Å²) in [7, 11) is 0. The highest BCUT2D eigenvalue weighted by atomic mass is 16.5. The van der Waals surface area contributed by atoms with E-state index in [9.17, 15) is 9.59 Å². The molecule has 7 nitrogen and oxygen atoms in total. The molecule has 2 atom stereocenters. The summed E-state index contributed by atoms with van der Waals surface area (Å²) in [6, 6.07) is 11.6. The van der Waals surface area contributed by atoms with Crippen molar-refractivity contribution in [3.8, 4) is 0 Å². The van der Waals surface area contributed by atoms with E-state index < -0.39 is 0 Å². The highest BCUT2D eigenvalue weighted by Crippen LogP contribution is 2.17. The van der Waals surface area contributed by atoms with Gasteiger partial charge in [0.2, 0.25) is 0 Å². The lowest BCUT2D eigenvalue weighted by molar-refractivity contribution is -0.0704. The first-order valence-electron chi connectivity index (χ1n) is 11.4. The van der Waals surface area contributed by atoms with Crippen LogP contribution in [0.15, 0.2) is 48.8 Å². The maximum atomic E-state index is 12.9. The molecule has 2 aliphatic rings. The normalized spacial score (nSPS) is 22.5. The van der Waals surface area contributed by atoms with Crippen LogP contribution in [-0.2, 0) is 11.3 Å². The lowest BCUT2D eigenvalue weighted by Gasteiger charge is -2.35. The number of carbonyl (C=O) groups is 2. The summed E-state index contributed by atoms with van der Waals surface area (Å²) in [5, 5.41) is 3.06. The molecular formula is C25H32N4O3.